The van der Waals surface area contributed by atoms with Gasteiger partial charge in [-0.1, -0.05) is 12.1 Å². The maximum atomic E-state index is 12.8. The normalized spacial score (nSPS) is 10.6. The average molecular weight is 328 g/mol. The number of hydrogen-bond acceptors (Lipinski definition) is 6. The molecule has 0 unspecified atom stereocenters. The van der Waals surface area contributed by atoms with Gasteiger partial charge in [0.25, 0.3) is 0 Å². The lowest BCUT2D eigenvalue weighted by molar-refractivity contribution is 0.334. The smallest absolute Gasteiger partial charge is 0.204 e. The number of aromatic hydroxyl groups is 1. The molecule has 0 aliphatic rings. The Kier molecular flexibility index (Phi) is 4.04. The van der Waals surface area contributed by atoms with E-state index in [2.05, 4.69) is 0 Å². The first-order valence-electron chi connectivity index (χ1n) is 7.14. The molecule has 0 aliphatic carbocycles. The van der Waals surface area contributed by atoms with E-state index in [1.54, 1.807) is 31.4 Å². The van der Waals surface area contributed by atoms with Gasteiger partial charge in [0.2, 0.25) is 11.2 Å². The molecule has 1 heterocycles. The fourth-order valence-corrected chi connectivity index (χ4v) is 2.55. The van der Waals surface area contributed by atoms with Gasteiger partial charge in [0.1, 0.15) is 23.0 Å². The van der Waals surface area contributed by atoms with Gasteiger partial charge >= 0.3 is 0 Å². The molecule has 0 saturated carbocycles. The van der Waals surface area contributed by atoms with Gasteiger partial charge in [-0.15, -0.1) is 0 Å². The zero-order valence-corrected chi connectivity index (χ0v) is 13.5. The number of hydrogen-bond donors (Lipinski definition) is 1. The van der Waals surface area contributed by atoms with Gasteiger partial charge in [0.05, 0.1) is 26.9 Å². The topological polar surface area (TPSA) is 78.1 Å². The molecule has 1 N–H and O–H groups in total. The first-order chi connectivity index (χ1) is 11.6. The Morgan fingerprint density at radius 2 is 1.71 bits per heavy atom. The van der Waals surface area contributed by atoms with Crippen molar-refractivity contribution in [2.45, 2.75) is 0 Å². The Morgan fingerprint density at radius 1 is 1.00 bits per heavy atom. The lowest BCUT2D eigenvalue weighted by Gasteiger charge is -2.11. The van der Waals surface area contributed by atoms with Crippen LogP contribution in [0.25, 0.3) is 22.1 Å². The fraction of sp³-hybridized carbons (Fsp3) is 0.167. The van der Waals surface area contributed by atoms with Crippen LogP contribution in [0.5, 0.6) is 23.0 Å². The number of methoxy groups -OCH3 is 3. The molecule has 0 atom stereocenters. The van der Waals surface area contributed by atoms with E-state index in [9.17, 15) is 9.90 Å². The highest BCUT2D eigenvalue weighted by Gasteiger charge is 2.20. The van der Waals surface area contributed by atoms with Crippen LogP contribution in [0.1, 0.15) is 0 Å². The molecule has 0 spiro atoms. The number of phenols is 1. The predicted molar refractivity (Wildman–Crippen MR) is 89.2 cm³/mol. The molecule has 6 heteroatoms. The van der Waals surface area contributed by atoms with Crippen LogP contribution in [0.4, 0.5) is 0 Å². The third-order valence-electron chi connectivity index (χ3n) is 3.78. The van der Waals surface area contributed by atoms with Crippen LogP contribution in [0, 0.1) is 0 Å². The van der Waals surface area contributed by atoms with E-state index < -0.39 is 0 Å². The number of phenolic OH excluding ortho intramolecular Hbond substituents is 1. The van der Waals surface area contributed by atoms with E-state index in [4.69, 9.17) is 18.6 Å². The van der Waals surface area contributed by atoms with E-state index in [0.717, 1.165) is 0 Å². The molecule has 1 aromatic heterocycles. The molecule has 0 aliphatic heterocycles. The quantitative estimate of drug-likeness (QED) is 0.792. The lowest BCUT2D eigenvalue weighted by Crippen LogP contribution is -2.06. The van der Waals surface area contributed by atoms with Gasteiger partial charge in [0, 0.05) is 6.07 Å². The van der Waals surface area contributed by atoms with Gasteiger partial charge in [-0.05, 0) is 17.7 Å². The molecule has 2 aromatic carbocycles. The average Bonchev–Trinajstić information content (AvgIpc) is 2.61. The van der Waals surface area contributed by atoms with E-state index in [1.165, 1.54) is 26.5 Å². The number of ether oxygens (including phenoxy) is 3. The molecule has 3 rings (SSSR count). The number of benzene rings is 2. The van der Waals surface area contributed by atoms with Crippen LogP contribution in [-0.4, -0.2) is 26.4 Å². The van der Waals surface area contributed by atoms with E-state index >= 15 is 0 Å². The Balaban J connectivity index is 2.27. The summed E-state index contributed by atoms with van der Waals surface area (Å²) >= 11 is 0. The predicted octanol–water partition coefficient (Wildman–Crippen LogP) is 3.19. The fourth-order valence-electron chi connectivity index (χ4n) is 2.55. The largest absolute Gasteiger partial charge is 0.504 e. The van der Waals surface area contributed by atoms with E-state index in [0.29, 0.717) is 16.9 Å². The van der Waals surface area contributed by atoms with Crippen molar-refractivity contribution >= 4 is 11.0 Å². The molecular formula is C18H16O6. The van der Waals surface area contributed by atoms with Crippen molar-refractivity contribution in [3.8, 4) is 34.1 Å². The van der Waals surface area contributed by atoms with Gasteiger partial charge in [0.15, 0.2) is 11.5 Å². The summed E-state index contributed by atoms with van der Waals surface area (Å²) < 4.78 is 20.9. The summed E-state index contributed by atoms with van der Waals surface area (Å²) in [6.45, 7) is 0. The summed E-state index contributed by atoms with van der Waals surface area (Å²) in [4.78, 5) is 12.8. The highest BCUT2D eigenvalue weighted by atomic mass is 16.5. The van der Waals surface area contributed by atoms with Crippen molar-refractivity contribution in [3.63, 3.8) is 0 Å². The SMILES string of the molecule is COc1ccc(-c2coc3cc(OC)c(OC)c(O)c3c2=O)cc1. The molecule has 0 bridgehead atoms. The minimum atomic E-state index is -0.361. The summed E-state index contributed by atoms with van der Waals surface area (Å²) in [5.41, 5.74) is 0.834. The maximum absolute atomic E-state index is 12.8. The van der Waals surface area contributed by atoms with Gasteiger partial charge in [-0.3, -0.25) is 4.79 Å². The van der Waals surface area contributed by atoms with E-state index in [-0.39, 0.29) is 33.6 Å². The summed E-state index contributed by atoms with van der Waals surface area (Å²) in [6.07, 6.45) is 1.36. The third-order valence-corrected chi connectivity index (χ3v) is 3.78. The summed E-state index contributed by atoms with van der Waals surface area (Å²) in [5.74, 6) is 0.737. The van der Waals surface area contributed by atoms with Crippen molar-refractivity contribution < 1.29 is 23.7 Å². The number of fused-ring (bicyclic) bond motifs is 1. The van der Waals surface area contributed by atoms with Crippen LogP contribution < -0.4 is 19.6 Å². The second kappa shape index (κ2) is 6.16. The van der Waals surface area contributed by atoms with Crippen molar-refractivity contribution in [1.29, 1.82) is 0 Å². The molecule has 0 amide bonds. The molecule has 0 radical (unpaired) electrons. The summed E-state index contributed by atoms with van der Waals surface area (Å²) in [6, 6.07) is 8.48. The van der Waals surface area contributed by atoms with Gasteiger partial charge in [-0.25, -0.2) is 0 Å². The minimum Gasteiger partial charge on any atom is -0.504 e. The second-order valence-electron chi connectivity index (χ2n) is 5.04. The summed E-state index contributed by atoms with van der Waals surface area (Å²) in [5, 5.41) is 10.5. The molecule has 3 aromatic rings. The van der Waals surface area contributed by atoms with E-state index in [1.807, 2.05) is 0 Å². The van der Waals surface area contributed by atoms with Crippen molar-refractivity contribution in [2.24, 2.45) is 0 Å². The Bertz CT molecular complexity index is 940. The highest BCUT2D eigenvalue weighted by molar-refractivity contribution is 5.91. The first-order valence-corrected chi connectivity index (χ1v) is 7.14. The van der Waals surface area contributed by atoms with Crippen LogP contribution in [0.3, 0.4) is 0 Å². The monoisotopic (exact) mass is 328 g/mol. The van der Waals surface area contributed by atoms with Crippen molar-refractivity contribution in [3.05, 3.63) is 46.8 Å². The zero-order chi connectivity index (χ0) is 17.3. The molecule has 0 saturated heterocycles. The minimum absolute atomic E-state index is 0.0426. The third kappa shape index (κ3) is 2.42. The van der Waals surface area contributed by atoms with Crippen LogP contribution in [-0.2, 0) is 0 Å². The summed E-state index contributed by atoms with van der Waals surface area (Å²) in [7, 11) is 4.39. The Hall–Kier alpha value is -3.15. The van der Waals surface area contributed by atoms with Crippen molar-refractivity contribution in [2.75, 3.05) is 21.3 Å². The molecular weight excluding hydrogens is 312 g/mol. The van der Waals surface area contributed by atoms with Gasteiger partial charge in [-0.2, -0.15) is 0 Å². The van der Waals surface area contributed by atoms with Crippen LogP contribution in [0.15, 0.2) is 45.8 Å². The van der Waals surface area contributed by atoms with Gasteiger partial charge < -0.3 is 23.7 Å². The van der Waals surface area contributed by atoms with Crippen molar-refractivity contribution in [1.82, 2.24) is 0 Å². The Morgan fingerprint density at radius 3 is 2.29 bits per heavy atom. The molecule has 24 heavy (non-hydrogen) atoms. The first kappa shape index (κ1) is 15.7. The molecule has 0 fully saturated rings. The van der Waals surface area contributed by atoms with Crippen LogP contribution >= 0.6 is 0 Å². The highest BCUT2D eigenvalue weighted by Crippen LogP contribution is 2.41. The molecule has 6 nitrogen and oxygen atoms in total. The zero-order valence-electron chi connectivity index (χ0n) is 13.5. The Labute approximate surface area is 137 Å². The standard InChI is InChI=1S/C18H16O6/c1-21-11-6-4-10(5-7-11)12-9-24-13-8-14(22-2)18(23-3)17(20)15(13)16(12)19/h4-9,20H,1-3H3. The number of rotatable bonds is 4. The maximum Gasteiger partial charge on any atom is 0.204 e. The lowest BCUT2D eigenvalue weighted by atomic mass is 10.0. The second-order valence-corrected chi connectivity index (χ2v) is 5.04. The molecule has 124 valence electrons. The van der Waals surface area contributed by atoms with Crippen LogP contribution in [0.2, 0.25) is 0 Å².